The average molecular weight is 372 g/mol. The molecular formula is C21H22ClNO3. The number of fused-ring (bicyclic) bond motifs is 1. The molecular weight excluding hydrogens is 350 g/mol. The fourth-order valence-corrected chi connectivity index (χ4v) is 3.30. The number of halogens is 1. The minimum absolute atomic E-state index is 0.106. The zero-order valence-electron chi connectivity index (χ0n) is 15.4. The molecule has 0 saturated heterocycles. The minimum atomic E-state index is -0.354. The van der Waals surface area contributed by atoms with Crippen molar-refractivity contribution in [2.75, 3.05) is 14.2 Å². The molecule has 0 amide bonds. The van der Waals surface area contributed by atoms with Crippen molar-refractivity contribution in [3.05, 3.63) is 74.6 Å². The van der Waals surface area contributed by atoms with Gasteiger partial charge < -0.3 is 9.15 Å². The van der Waals surface area contributed by atoms with Gasteiger partial charge in [0.05, 0.1) is 7.11 Å². The van der Waals surface area contributed by atoms with Gasteiger partial charge in [-0.2, -0.15) is 0 Å². The summed E-state index contributed by atoms with van der Waals surface area (Å²) < 4.78 is 10.8. The van der Waals surface area contributed by atoms with Crippen molar-refractivity contribution in [1.29, 1.82) is 0 Å². The van der Waals surface area contributed by atoms with Gasteiger partial charge in [-0.3, -0.25) is 4.90 Å². The first-order chi connectivity index (χ1) is 12.4. The van der Waals surface area contributed by atoms with Gasteiger partial charge in [0.15, 0.2) is 0 Å². The molecule has 0 aliphatic rings. The molecule has 2 aromatic carbocycles. The molecule has 1 aromatic heterocycles. The predicted octanol–water partition coefficient (Wildman–Crippen LogP) is 4.96. The summed E-state index contributed by atoms with van der Waals surface area (Å²) >= 11 is 6.28. The molecule has 5 heteroatoms. The Balaban J connectivity index is 1.97. The van der Waals surface area contributed by atoms with Gasteiger partial charge >= 0.3 is 5.63 Å². The second-order valence-corrected chi connectivity index (χ2v) is 6.93. The number of nitrogens with zero attached hydrogens (tertiary/aromatic N) is 1. The monoisotopic (exact) mass is 371 g/mol. The van der Waals surface area contributed by atoms with Crippen LogP contribution in [0, 0.1) is 6.92 Å². The van der Waals surface area contributed by atoms with Crippen LogP contribution in [0.25, 0.3) is 11.0 Å². The highest BCUT2D eigenvalue weighted by Gasteiger charge is 2.18. The third kappa shape index (κ3) is 3.62. The van der Waals surface area contributed by atoms with Gasteiger partial charge in [-0.1, -0.05) is 29.8 Å². The van der Waals surface area contributed by atoms with E-state index >= 15 is 0 Å². The second-order valence-electron chi connectivity index (χ2n) is 6.52. The minimum Gasteiger partial charge on any atom is -0.496 e. The third-order valence-electron chi connectivity index (χ3n) is 4.78. The van der Waals surface area contributed by atoms with E-state index < -0.39 is 0 Å². The molecule has 1 atom stereocenters. The van der Waals surface area contributed by atoms with E-state index in [1.807, 2.05) is 44.3 Å². The zero-order chi connectivity index (χ0) is 18.8. The highest BCUT2D eigenvalue weighted by atomic mass is 35.5. The SMILES string of the molecule is COc1ccccc1C(C)N(C)Cc1cc(=O)oc2cc(C)c(Cl)cc12. The summed E-state index contributed by atoms with van der Waals surface area (Å²) in [5.74, 6) is 0.850. The maximum Gasteiger partial charge on any atom is 0.336 e. The highest BCUT2D eigenvalue weighted by Crippen LogP contribution is 2.31. The molecule has 1 heterocycles. The van der Waals surface area contributed by atoms with E-state index in [9.17, 15) is 4.79 Å². The second kappa shape index (κ2) is 7.52. The Morgan fingerprint density at radius 2 is 1.96 bits per heavy atom. The van der Waals surface area contributed by atoms with Crippen molar-refractivity contribution in [2.45, 2.75) is 26.4 Å². The van der Waals surface area contributed by atoms with Crippen LogP contribution in [0.2, 0.25) is 5.02 Å². The van der Waals surface area contributed by atoms with E-state index in [2.05, 4.69) is 17.9 Å². The predicted molar refractivity (Wildman–Crippen MR) is 105 cm³/mol. The van der Waals surface area contributed by atoms with Gasteiger partial charge in [-0.05, 0) is 50.2 Å². The number of aryl methyl sites for hydroxylation is 1. The van der Waals surface area contributed by atoms with Gasteiger partial charge in [0.2, 0.25) is 0 Å². The lowest BCUT2D eigenvalue weighted by atomic mass is 10.0. The van der Waals surface area contributed by atoms with Crippen LogP contribution in [0.15, 0.2) is 51.7 Å². The molecule has 0 radical (unpaired) electrons. The summed E-state index contributed by atoms with van der Waals surface area (Å²) in [7, 11) is 3.69. The first-order valence-electron chi connectivity index (χ1n) is 8.46. The van der Waals surface area contributed by atoms with Crippen molar-refractivity contribution in [3.63, 3.8) is 0 Å². The molecule has 0 spiro atoms. The van der Waals surface area contributed by atoms with Crippen LogP contribution in [0.3, 0.4) is 0 Å². The number of ether oxygens (including phenoxy) is 1. The lowest BCUT2D eigenvalue weighted by Crippen LogP contribution is -2.23. The van der Waals surface area contributed by atoms with Crippen molar-refractivity contribution in [1.82, 2.24) is 4.90 Å². The normalized spacial score (nSPS) is 12.5. The lowest BCUT2D eigenvalue weighted by Gasteiger charge is -2.26. The Kier molecular flexibility index (Phi) is 5.35. The van der Waals surface area contributed by atoms with Gasteiger partial charge in [0, 0.05) is 34.6 Å². The number of para-hydroxylation sites is 1. The maximum absolute atomic E-state index is 12.0. The van der Waals surface area contributed by atoms with E-state index in [0.717, 1.165) is 27.8 Å². The zero-order valence-corrected chi connectivity index (χ0v) is 16.1. The Labute approximate surface area is 158 Å². The van der Waals surface area contributed by atoms with Gasteiger partial charge in [0.25, 0.3) is 0 Å². The van der Waals surface area contributed by atoms with Crippen LogP contribution in [-0.4, -0.2) is 19.1 Å². The number of hydrogen-bond acceptors (Lipinski definition) is 4. The molecule has 0 aliphatic heterocycles. The van der Waals surface area contributed by atoms with Crippen LogP contribution >= 0.6 is 11.6 Å². The van der Waals surface area contributed by atoms with Gasteiger partial charge in [0.1, 0.15) is 11.3 Å². The van der Waals surface area contributed by atoms with Crippen molar-refractivity contribution in [2.24, 2.45) is 0 Å². The third-order valence-corrected chi connectivity index (χ3v) is 5.19. The lowest BCUT2D eigenvalue weighted by molar-refractivity contribution is 0.247. The fourth-order valence-electron chi connectivity index (χ4n) is 3.13. The van der Waals surface area contributed by atoms with Gasteiger partial charge in [-0.15, -0.1) is 0 Å². The van der Waals surface area contributed by atoms with E-state index in [1.165, 1.54) is 0 Å². The van der Waals surface area contributed by atoms with Crippen LogP contribution in [0.1, 0.15) is 29.7 Å². The summed E-state index contributed by atoms with van der Waals surface area (Å²) in [5.41, 5.74) is 3.08. The molecule has 4 nitrogen and oxygen atoms in total. The Morgan fingerprint density at radius 3 is 2.69 bits per heavy atom. The van der Waals surface area contributed by atoms with Crippen molar-refractivity contribution < 1.29 is 9.15 Å². The Bertz CT molecular complexity index is 996. The fraction of sp³-hybridized carbons (Fsp3) is 0.286. The van der Waals surface area contributed by atoms with Gasteiger partial charge in [-0.25, -0.2) is 4.79 Å². The quantitative estimate of drug-likeness (QED) is 0.595. The summed E-state index contributed by atoms with van der Waals surface area (Å²) in [6, 6.07) is 13.3. The Morgan fingerprint density at radius 1 is 1.23 bits per heavy atom. The largest absolute Gasteiger partial charge is 0.496 e. The van der Waals surface area contributed by atoms with Crippen LogP contribution in [-0.2, 0) is 6.54 Å². The molecule has 1 unspecified atom stereocenters. The van der Waals surface area contributed by atoms with E-state index in [0.29, 0.717) is 17.2 Å². The first-order valence-corrected chi connectivity index (χ1v) is 8.84. The van der Waals surface area contributed by atoms with Crippen molar-refractivity contribution >= 4 is 22.6 Å². The van der Waals surface area contributed by atoms with Crippen LogP contribution in [0.4, 0.5) is 0 Å². The van der Waals surface area contributed by atoms with Crippen LogP contribution in [0.5, 0.6) is 5.75 Å². The number of benzene rings is 2. The molecule has 0 N–H and O–H groups in total. The molecule has 3 aromatic rings. The molecule has 0 fully saturated rings. The number of hydrogen-bond donors (Lipinski definition) is 0. The smallest absolute Gasteiger partial charge is 0.336 e. The maximum atomic E-state index is 12.0. The van der Waals surface area contributed by atoms with E-state index in [-0.39, 0.29) is 11.7 Å². The van der Waals surface area contributed by atoms with E-state index in [1.54, 1.807) is 13.2 Å². The van der Waals surface area contributed by atoms with Crippen molar-refractivity contribution in [3.8, 4) is 5.75 Å². The molecule has 136 valence electrons. The van der Waals surface area contributed by atoms with E-state index in [4.69, 9.17) is 20.8 Å². The molecule has 0 bridgehead atoms. The first kappa shape index (κ1) is 18.5. The highest BCUT2D eigenvalue weighted by molar-refractivity contribution is 6.32. The number of rotatable bonds is 5. The Hall–Kier alpha value is -2.30. The average Bonchev–Trinajstić information content (AvgIpc) is 2.62. The summed E-state index contributed by atoms with van der Waals surface area (Å²) in [6.07, 6.45) is 0. The summed E-state index contributed by atoms with van der Waals surface area (Å²) in [4.78, 5) is 14.2. The summed E-state index contributed by atoms with van der Waals surface area (Å²) in [5, 5.41) is 1.52. The molecule has 26 heavy (non-hydrogen) atoms. The number of methoxy groups -OCH3 is 1. The molecule has 3 rings (SSSR count). The molecule has 0 aliphatic carbocycles. The molecule has 0 saturated carbocycles. The standard InChI is InChI=1S/C21H22ClNO3/c1-13-9-20-17(11-18(13)22)15(10-21(24)26-20)12-23(3)14(2)16-7-5-6-8-19(16)25-4/h5-11,14H,12H2,1-4H3. The topological polar surface area (TPSA) is 42.7 Å². The summed E-state index contributed by atoms with van der Waals surface area (Å²) in [6.45, 7) is 4.59. The van der Waals surface area contributed by atoms with Crippen LogP contribution < -0.4 is 10.4 Å².